The smallest absolute Gasteiger partial charge is 0.327 e. The fourth-order valence-electron chi connectivity index (χ4n) is 4.05. The number of rotatable bonds is 5. The van der Waals surface area contributed by atoms with Crippen LogP contribution in [0.4, 0.5) is 4.79 Å². The lowest BCUT2D eigenvalue weighted by atomic mass is 9.82. The van der Waals surface area contributed by atoms with Gasteiger partial charge in [0.05, 0.1) is 5.92 Å². The van der Waals surface area contributed by atoms with Crippen molar-refractivity contribution in [2.24, 2.45) is 11.8 Å². The lowest BCUT2D eigenvalue weighted by Crippen LogP contribution is -2.69. The molecule has 1 aliphatic heterocycles. The maximum atomic E-state index is 12.5. The van der Waals surface area contributed by atoms with Crippen molar-refractivity contribution in [3.63, 3.8) is 0 Å². The van der Waals surface area contributed by atoms with E-state index in [1.807, 2.05) is 6.92 Å². The normalized spacial score (nSPS) is 24.7. The molecule has 1 aromatic heterocycles. The number of carboxylic acids is 1. The monoisotopic (exact) mass is 359 g/mol. The van der Waals surface area contributed by atoms with Crippen LogP contribution in [0.2, 0.25) is 0 Å². The molecule has 3 atom stereocenters. The third-order valence-corrected chi connectivity index (χ3v) is 5.60. The number of carboxylic acid groups (broad SMARTS) is 1. The Bertz CT molecular complexity index is 673. The van der Waals surface area contributed by atoms with Gasteiger partial charge in [-0.05, 0) is 49.8 Å². The van der Waals surface area contributed by atoms with Crippen molar-refractivity contribution in [1.29, 1.82) is 0 Å². The minimum absolute atomic E-state index is 0.0655. The summed E-state index contributed by atoms with van der Waals surface area (Å²) < 4.78 is 0. The minimum Gasteiger partial charge on any atom is -0.480 e. The number of likely N-dealkylation sites (tertiary alicyclic amines) is 1. The van der Waals surface area contributed by atoms with E-state index in [0.717, 1.165) is 36.1 Å². The van der Waals surface area contributed by atoms with Crippen LogP contribution in [0.5, 0.6) is 0 Å². The largest absolute Gasteiger partial charge is 0.480 e. The standard InChI is InChI=1S/C19H25N3O4/c1-12(14-5-3-2-4-6-14)21-19(26)22-16(18(24)25)15(17(22)23)11-13-7-9-20-10-8-13/h7-10,12,14-16H,2-6,11H2,1H3,(H,21,26)(H,24,25)/t12-,15-,16+/m1/s1. The zero-order chi connectivity index (χ0) is 18.7. The van der Waals surface area contributed by atoms with Crippen LogP contribution in [0.1, 0.15) is 44.6 Å². The van der Waals surface area contributed by atoms with Gasteiger partial charge in [0.2, 0.25) is 5.91 Å². The van der Waals surface area contributed by atoms with Crippen LogP contribution in [0, 0.1) is 11.8 Å². The Morgan fingerprint density at radius 1 is 1.27 bits per heavy atom. The Hall–Kier alpha value is -2.44. The second-order valence-electron chi connectivity index (χ2n) is 7.29. The summed E-state index contributed by atoms with van der Waals surface area (Å²) in [6.07, 6.45) is 9.14. The number of β-lactam (4-membered cyclic amide) rings is 1. The second kappa shape index (κ2) is 7.85. The summed E-state index contributed by atoms with van der Waals surface area (Å²) in [7, 11) is 0. The van der Waals surface area contributed by atoms with Crippen molar-refractivity contribution in [3.8, 4) is 0 Å². The molecule has 3 amide bonds. The molecular formula is C19H25N3O4. The predicted octanol–water partition coefficient (Wildman–Crippen LogP) is 2.21. The highest BCUT2D eigenvalue weighted by Crippen LogP contribution is 2.31. The van der Waals surface area contributed by atoms with Gasteiger partial charge in [0.15, 0.2) is 6.04 Å². The zero-order valence-corrected chi connectivity index (χ0v) is 14.9. The highest BCUT2D eigenvalue weighted by molar-refractivity contribution is 6.07. The number of nitrogens with zero attached hydrogens (tertiary/aromatic N) is 2. The van der Waals surface area contributed by atoms with Gasteiger partial charge in [-0.3, -0.25) is 9.78 Å². The third kappa shape index (κ3) is 3.71. The fourth-order valence-corrected chi connectivity index (χ4v) is 4.05. The Morgan fingerprint density at radius 2 is 1.92 bits per heavy atom. The number of hydrogen-bond donors (Lipinski definition) is 2. The summed E-state index contributed by atoms with van der Waals surface area (Å²) in [5.74, 6) is -1.91. The van der Waals surface area contributed by atoms with E-state index in [9.17, 15) is 19.5 Å². The number of pyridine rings is 1. The molecule has 0 aromatic carbocycles. The molecule has 26 heavy (non-hydrogen) atoms. The maximum absolute atomic E-state index is 12.5. The van der Waals surface area contributed by atoms with E-state index in [2.05, 4.69) is 10.3 Å². The lowest BCUT2D eigenvalue weighted by Gasteiger charge is -2.43. The number of nitrogens with one attached hydrogen (secondary N) is 1. The zero-order valence-electron chi connectivity index (χ0n) is 14.9. The topological polar surface area (TPSA) is 99.6 Å². The average Bonchev–Trinajstić information content (AvgIpc) is 2.64. The molecular weight excluding hydrogens is 334 g/mol. The van der Waals surface area contributed by atoms with Crippen molar-refractivity contribution in [3.05, 3.63) is 30.1 Å². The molecule has 2 fully saturated rings. The van der Waals surface area contributed by atoms with Gasteiger partial charge in [-0.25, -0.2) is 14.5 Å². The van der Waals surface area contributed by atoms with Crippen LogP contribution in [0.15, 0.2) is 24.5 Å². The molecule has 0 bridgehead atoms. The number of urea groups is 1. The molecule has 140 valence electrons. The Balaban J connectivity index is 1.64. The van der Waals surface area contributed by atoms with Crippen LogP contribution in [0.3, 0.4) is 0 Å². The number of aliphatic carboxylic acids is 1. The van der Waals surface area contributed by atoms with Gasteiger partial charge in [0.25, 0.3) is 0 Å². The first kappa shape index (κ1) is 18.4. The maximum Gasteiger partial charge on any atom is 0.327 e. The van der Waals surface area contributed by atoms with Crippen molar-refractivity contribution in [2.75, 3.05) is 0 Å². The number of amides is 3. The Morgan fingerprint density at radius 3 is 2.54 bits per heavy atom. The number of hydrogen-bond acceptors (Lipinski definition) is 4. The van der Waals surface area contributed by atoms with Gasteiger partial charge < -0.3 is 10.4 Å². The van der Waals surface area contributed by atoms with E-state index in [4.69, 9.17) is 0 Å². The van der Waals surface area contributed by atoms with E-state index >= 15 is 0 Å². The van der Waals surface area contributed by atoms with Crippen LogP contribution in [-0.4, -0.2) is 45.0 Å². The molecule has 2 N–H and O–H groups in total. The lowest BCUT2D eigenvalue weighted by molar-refractivity contribution is -0.165. The van der Waals surface area contributed by atoms with Crippen LogP contribution >= 0.6 is 0 Å². The van der Waals surface area contributed by atoms with Gasteiger partial charge in [-0.1, -0.05) is 19.3 Å². The molecule has 3 rings (SSSR count). The van der Waals surface area contributed by atoms with Gasteiger partial charge in [0, 0.05) is 18.4 Å². The van der Waals surface area contributed by atoms with E-state index in [-0.39, 0.29) is 6.04 Å². The third-order valence-electron chi connectivity index (χ3n) is 5.60. The average molecular weight is 359 g/mol. The molecule has 0 unspecified atom stereocenters. The van der Waals surface area contributed by atoms with E-state index in [1.165, 1.54) is 6.42 Å². The summed E-state index contributed by atoms with van der Waals surface area (Å²) in [6.45, 7) is 1.93. The summed E-state index contributed by atoms with van der Waals surface area (Å²) in [4.78, 5) is 41.4. The van der Waals surface area contributed by atoms with E-state index in [1.54, 1.807) is 24.5 Å². The van der Waals surface area contributed by atoms with Crippen molar-refractivity contribution >= 4 is 17.9 Å². The first-order chi connectivity index (χ1) is 12.5. The highest BCUT2D eigenvalue weighted by Gasteiger charge is 2.54. The number of carbonyl (C=O) groups excluding carboxylic acids is 2. The molecule has 0 radical (unpaired) electrons. The first-order valence-electron chi connectivity index (χ1n) is 9.24. The summed E-state index contributed by atoms with van der Waals surface area (Å²) in [5, 5.41) is 12.4. The SMILES string of the molecule is C[C@@H](NC(=O)N1C(=O)[C@H](Cc2ccncc2)[C@H]1C(=O)O)C1CCCCC1. The number of imide groups is 1. The molecule has 1 saturated carbocycles. The molecule has 1 aliphatic carbocycles. The molecule has 1 saturated heterocycles. The van der Waals surface area contributed by atoms with Crippen LogP contribution in [0.25, 0.3) is 0 Å². The molecule has 2 heterocycles. The Kier molecular flexibility index (Phi) is 5.54. The molecule has 2 aliphatic rings. The van der Waals surface area contributed by atoms with Crippen molar-refractivity contribution in [1.82, 2.24) is 15.2 Å². The van der Waals surface area contributed by atoms with Gasteiger partial charge in [-0.15, -0.1) is 0 Å². The van der Waals surface area contributed by atoms with Crippen LogP contribution in [-0.2, 0) is 16.0 Å². The van der Waals surface area contributed by atoms with E-state index < -0.39 is 29.9 Å². The predicted molar refractivity (Wildman–Crippen MR) is 94.3 cm³/mol. The van der Waals surface area contributed by atoms with Crippen LogP contribution < -0.4 is 5.32 Å². The Labute approximate surface area is 152 Å². The number of aromatic nitrogens is 1. The van der Waals surface area contributed by atoms with Gasteiger partial charge >= 0.3 is 12.0 Å². The van der Waals surface area contributed by atoms with Crippen molar-refractivity contribution < 1.29 is 19.5 Å². The molecule has 1 aromatic rings. The molecule has 7 nitrogen and oxygen atoms in total. The quantitative estimate of drug-likeness (QED) is 0.785. The minimum atomic E-state index is -1.15. The highest BCUT2D eigenvalue weighted by atomic mass is 16.4. The molecule has 7 heteroatoms. The van der Waals surface area contributed by atoms with Gasteiger partial charge in [-0.2, -0.15) is 0 Å². The first-order valence-corrected chi connectivity index (χ1v) is 9.24. The van der Waals surface area contributed by atoms with Gasteiger partial charge in [0.1, 0.15) is 0 Å². The second-order valence-corrected chi connectivity index (χ2v) is 7.29. The summed E-state index contributed by atoms with van der Waals surface area (Å²) in [5.41, 5.74) is 0.834. The summed E-state index contributed by atoms with van der Waals surface area (Å²) >= 11 is 0. The summed E-state index contributed by atoms with van der Waals surface area (Å²) in [6, 6.07) is 1.73. The number of carbonyl (C=O) groups is 3. The fraction of sp³-hybridized carbons (Fsp3) is 0.579. The van der Waals surface area contributed by atoms with Crippen molar-refractivity contribution in [2.45, 2.75) is 57.5 Å². The molecule has 0 spiro atoms. The van der Waals surface area contributed by atoms with E-state index in [0.29, 0.717) is 12.3 Å².